The third kappa shape index (κ3) is 5.86. The SMILES string of the molecule is CCOC(=O)c1ccc2nc(-c3ccncc3)[nH]c2c1.CCOC(=O)c1ccc2nc(-c3ccncc3)[nH]c2c1. The molecule has 0 saturated carbocycles. The lowest BCUT2D eigenvalue weighted by molar-refractivity contribution is 0.0517. The molecule has 0 unspecified atom stereocenters. The Balaban J connectivity index is 0.000000161. The Bertz CT molecular complexity index is 1630. The fraction of sp³-hybridized carbons (Fsp3) is 0.133. The molecule has 200 valence electrons. The smallest absolute Gasteiger partial charge is 0.338 e. The first-order valence-electron chi connectivity index (χ1n) is 12.7. The largest absolute Gasteiger partial charge is 0.462 e. The first kappa shape index (κ1) is 26.2. The van der Waals surface area contributed by atoms with Crippen molar-refractivity contribution >= 4 is 34.0 Å². The van der Waals surface area contributed by atoms with E-state index in [1.54, 1.807) is 62.9 Å². The Morgan fingerprint density at radius 1 is 0.625 bits per heavy atom. The van der Waals surface area contributed by atoms with Crippen molar-refractivity contribution in [1.82, 2.24) is 29.9 Å². The van der Waals surface area contributed by atoms with Gasteiger partial charge in [-0.2, -0.15) is 0 Å². The van der Waals surface area contributed by atoms with Crippen LogP contribution in [0.4, 0.5) is 0 Å². The highest BCUT2D eigenvalue weighted by molar-refractivity contribution is 5.95. The van der Waals surface area contributed by atoms with Crippen LogP contribution >= 0.6 is 0 Å². The van der Waals surface area contributed by atoms with Crippen molar-refractivity contribution < 1.29 is 19.1 Å². The Morgan fingerprint density at radius 2 is 1.02 bits per heavy atom. The van der Waals surface area contributed by atoms with Crippen molar-refractivity contribution in [3.63, 3.8) is 0 Å². The average molecular weight is 535 g/mol. The molecule has 6 aromatic rings. The molecule has 4 heterocycles. The minimum Gasteiger partial charge on any atom is -0.462 e. The number of carbonyl (C=O) groups excluding carboxylic acids is 2. The van der Waals surface area contributed by atoms with E-state index in [2.05, 4.69) is 29.9 Å². The summed E-state index contributed by atoms with van der Waals surface area (Å²) in [6, 6.07) is 18.1. The Morgan fingerprint density at radius 3 is 1.40 bits per heavy atom. The maximum absolute atomic E-state index is 11.7. The molecule has 40 heavy (non-hydrogen) atoms. The fourth-order valence-electron chi connectivity index (χ4n) is 4.00. The molecule has 10 nitrogen and oxygen atoms in total. The van der Waals surface area contributed by atoms with E-state index in [1.807, 2.05) is 36.4 Å². The summed E-state index contributed by atoms with van der Waals surface area (Å²) in [5.74, 6) is 0.857. The quantitative estimate of drug-likeness (QED) is 0.264. The number of carbonyl (C=O) groups is 2. The second-order valence-electron chi connectivity index (χ2n) is 8.55. The summed E-state index contributed by atoms with van der Waals surface area (Å²) in [6.45, 7) is 4.30. The first-order valence-corrected chi connectivity index (χ1v) is 12.7. The number of aromatic nitrogens is 6. The van der Waals surface area contributed by atoms with Crippen LogP contribution in [0.3, 0.4) is 0 Å². The molecule has 2 N–H and O–H groups in total. The van der Waals surface area contributed by atoms with Crippen LogP contribution < -0.4 is 0 Å². The molecule has 0 saturated heterocycles. The second kappa shape index (κ2) is 12.0. The molecule has 0 aliphatic carbocycles. The summed E-state index contributed by atoms with van der Waals surface area (Å²) in [4.78, 5) is 46.8. The van der Waals surface area contributed by atoms with E-state index >= 15 is 0 Å². The van der Waals surface area contributed by atoms with Gasteiger partial charge in [0.25, 0.3) is 0 Å². The Hall–Kier alpha value is -5.38. The average Bonchev–Trinajstić information content (AvgIpc) is 3.62. The predicted molar refractivity (Wildman–Crippen MR) is 151 cm³/mol. The number of rotatable bonds is 6. The summed E-state index contributed by atoms with van der Waals surface area (Å²) in [5.41, 5.74) is 6.18. The van der Waals surface area contributed by atoms with Crippen molar-refractivity contribution in [2.45, 2.75) is 13.8 Å². The maximum Gasteiger partial charge on any atom is 0.338 e. The molecule has 0 amide bonds. The standard InChI is InChI=1S/2C15H13N3O2/c2*1-2-20-15(19)11-3-4-12-13(9-11)18-14(17-12)10-5-7-16-8-6-10/h2*3-9H,2H2,1H3,(H,17,18). The molecule has 0 aliphatic rings. The number of nitrogens with zero attached hydrogens (tertiary/aromatic N) is 4. The highest BCUT2D eigenvalue weighted by Gasteiger charge is 2.11. The van der Waals surface area contributed by atoms with Gasteiger partial charge in [0, 0.05) is 35.9 Å². The van der Waals surface area contributed by atoms with Crippen molar-refractivity contribution in [3.05, 3.63) is 96.6 Å². The van der Waals surface area contributed by atoms with Crippen LogP contribution in [0.15, 0.2) is 85.5 Å². The van der Waals surface area contributed by atoms with Gasteiger partial charge in [0.15, 0.2) is 0 Å². The van der Waals surface area contributed by atoms with Gasteiger partial charge in [0.05, 0.1) is 46.4 Å². The zero-order chi connectivity index (χ0) is 27.9. The molecule has 0 spiro atoms. The lowest BCUT2D eigenvalue weighted by Crippen LogP contribution is -2.04. The third-order valence-corrected chi connectivity index (χ3v) is 5.89. The van der Waals surface area contributed by atoms with Crippen LogP contribution in [0.5, 0.6) is 0 Å². The van der Waals surface area contributed by atoms with Gasteiger partial charge in [-0.15, -0.1) is 0 Å². The lowest BCUT2D eigenvalue weighted by Gasteiger charge is -2.00. The van der Waals surface area contributed by atoms with Gasteiger partial charge in [0.1, 0.15) is 11.6 Å². The number of ether oxygens (including phenoxy) is 2. The molecule has 0 fully saturated rings. The number of hydrogen-bond donors (Lipinski definition) is 2. The molecule has 0 radical (unpaired) electrons. The maximum atomic E-state index is 11.7. The van der Waals surface area contributed by atoms with Crippen LogP contribution in [0.25, 0.3) is 44.8 Å². The highest BCUT2D eigenvalue weighted by Crippen LogP contribution is 2.22. The van der Waals surface area contributed by atoms with Gasteiger partial charge in [-0.05, 0) is 74.5 Å². The van der Waals surface area contributed by atoms with E-state index in [4.69, 9.17) is 9.47 Å². The first-order chi connectivity index (χ1) is 19.6. The summed E-state index contributed by atoms with van der Waals surface area (Å²) in [7, 11) is 0. The number of hydrogen-bond acceptors (Lipinski definition) is 8. The van der Waals surface area contributed by atoms with E-state index in [9.17, 15) is 9.59 Å². The normalized spacial score (nSPS) is 10.7. The minimum absolute atomic E-state index is 0.325. The molecule has 4 aromatic heterocycles. The van der Waals surface area contributed by atoms with Crippen LogP contribution in [0.2, 0.25) is 0 Å². The van der Waals surface area contributed by atoms with E-state index in [0.29, 0.717) is 24.3 Å². The molecular formula is C30H26N6O4. The minimum atomic E-state index is -0.325. The zero-order valence-electron chi connectivity index (χ0n) is 21.9. The summed E-state index contributed by atoms with van der Waals surface area (Å²) >= 11 is 0. The van der Waals surface area contributed by atoms with Crippen molar-refractivity contribution in [2.24, 2.45) is 0 Å². The topological polar surface area (TPSA) is 136 Å². The fourth-order valence-corrected chi connectivity index (χ4v) is 4.00. The molecular weight excluding hydrogens is 508 g/mol. The van der Waals surface area contributed by atoms with E-state index < -0.39 is 0 Å². The van der Waals surface area contributed by atoms with Crippen LogP contribution in [-0.2, 0) is 9.47 Å². The van der Waals surface area contributed by atoms with Gasteiger partial charge in [0.2, 0.25) is 0 Å². The van der Waals surface area contributed by atoms with Crippen LogP contribution in [-0.4, -0.2) is 55.1 Å². The number of benzene rings is 2. The number of fused-ring (bicyclic) bond motifs is 2. The summed E-state index contributed by atoms with van der Waals surface area (Å²) in [5, 5.41) is 0. The lowest BCUT2D eigenvalue weighted by atomic mass is 10.2. The molecule has 0 bridgehead atoms. The van der Waals surface area contributed by atoms with Crippen molar-refractivity contribution in [3.8, 4) is 22.8 Å². The molecule has 2 aromatic carbocycles. The van der Waals surface area contributed by atoms with E-state index in [-0.39, 0.29) is 11.9 Å². The predicted octanol–water partition coefficient (Wildman–Crippen LogP) is 5.60. The monoisotopic (exact) mass is 534 g/mol. The number of imidazole rings is 2. The molecule has 0 aliphatic heterocycles. The second-order valence-corrected chi connectivity index (χ2v) is 8.55. The van der Waals surface area contributed by atoms with E-state index in [0.717, 1.165) is 44.8 Å². The number of pyridine rings is 2. The highest BCUT2D eigenvalue weighted by atomic mass is 16.5. The van der Waals surface area contributed by atoms with Gasteiger partial charge in [-0.25, -0.2) is 19.6 Å². The van der Waals surface area contributed by atoms with Crippen molar-refractivity contribution in [1.29, 1.82) is 0 Å². The molecule has 6 rings (SSSR count). The molecule has 0 atom stereocenters. The molecule has 10 heteroatoms. The van der Waals surface area contributed by atoms with Gasteiger partial charge < -0.3 is 19.4 Å². The number of aromatic amines is 2. The Kier molecular flexibility index (Phi) is 7.87. The van der Waals surface area contributed by atoms with Gasteiger partial charge in [-0.3, -0.25) is 9.97 Å². The third-order valence-electron chi connectivity index (χ3n) is 5.89. The van der Waals surface area contributed by atoms with Gasteiger partial charge in [-0.1, -0.05) is 0 Å². The summed E-state index contributed by atoms with van der Waals surface area (Å²) < 4.78 is 9.97. The number of H-pyrrole nitrogens is 2. The van der Waals surface area contributed by atoms with E-state index in [1.165, 1.54) is 0 Å². The van der Waals surface area contributed by atoms with Crippen LogP contribution in [0, 0.1) is 0 Å². The zero-order valence-corrected chi connectivity index (χ0v) is 21.9. The van der Waals surface area contributed by atoms with Crippen molar-refractivity contribution in [2.75, 3.05) is 13.2 Å². The van der Waals surface area contributed by atoms with Crippen LogP contribution in [0.1, 0.15) is 34.6 Å². The van der Waals surface area contributed by atoms with Gasteiger partial charge >= 0.3 is 11.9 Å². The Labute approximate surface area is 229 Å². The number of nitrogens with one attached hydrogen (secondary N) is 2. The number of esters is 2. The summed E-state index contributed by atoms with van der Waals surface area (Å²) in [6.07, 6.45) is 6.86.